The number of hydrogen-bond donors (Lipinski definition) is 3. The Morgan fingerprint density at radius 2 is 1.73 bits per heavy atom. The Morgan fingerprint density at radius 3 is 2.23 bits per heavy atom. The lowest BCUT2D eigenvalue weighted by atomic mass is 9.82. The first-order valence-corrected chi connectivity index (χ1v) is 8.04. The van der Waals surface area contributed by atoms with E-state index in [2.05, 4.69) is 4.90 Å². The summed E-state index contributed by atoms with van der Waals surface area (Å²) in [5.41, 5.74) is 5.86. The summed E-state index contributed by atoms with van der Waals surface area (Å²) in [6, 6.07) is 0. The predicted molar refractivity (Wildman–Crippen MR) is 81.3 cm³/mol. The number of unbranched alkanes of at least 4 members (excludes halogenated alkanes) is 1. The molecule has 1 atom stereocenters. The molecule has 0 aromatic rings. The molecule has 1 unspecified atom stereocenters. The van der Waals surface area contributed by atoms with E-state index in [-0.39, 0.29) is 18.4 Å². The topological polar surface area (TPSA) is 69.7 Å². The highest BCUT2D eigenvalue weighted by atomic mass is 19.4. The van der Waals surface area contributed by atoms with E-state index >= 15 is 0 Å². The molecule has 22 heavy (non-hydrogen) atoms. The minimum absolute atomic E-state index is 0.180. The van der Waals surface area contributed by atoms with Gasteiger partial charge in [-0.1, -0.05) is 12.8 Å². The highest BCUT2D eigenvalue weighted by molar-refractivity contribution is 6.40. The molecule has 8 heteroatoms. The third-order valence-corrected chi connectivity index (χ3v) is 4.51. The molecule has 1 fully saturated rings. The highest BCUT2D eigenvalue weighted by Gasteiger charge is 2.41. The van der Waals surface area contributed by atoms with Crippen molar-refractivity contribution in [2.45, 2.75) is 63.5 Å². The Hall–Kier alpha value is -0.305. The summed E-state index contributed by atoms with van der Waals surface area (Å²) in [6.07, 6.45) is -0.308. The van der Waals surface area contributed by atoms with Crippen molar-refractivity contribution >= 4 is 7.12 Å². The number of piperidine rings is 1. The van der Waals surface area contributed by atoms with Crippen LogP contribution in [-0.4, -0.2) is 53.4 Å². The summed E-state index contributed by atoms with van der Waals surface area (Å²) in [6.45, 7) is 3.64. The van der Waals surface area contributed by atoms with Gasteiger partial charge in [0.15, 0.2) is 0 Å². The van der Waals surface area contributed by atoms with Crippen LogP contribution >= 0.6 is 0 Å². The summed E-state index contributed by atoms with van der Waals surface area (Å²) in [5.74, 6) is -1.15. The van der Waals surface area contributed by atoms with Crippen molar-refractivity contribution in [3.05, 3.63) is 0 Å². The van der Waals surface area contributed by atoms with Crippen LogP contribution in [0.1, 0.15) is 45.4 Å². The van der Waals surface area contributed by atoms with Gasteiger partial charge in [-0.15, -0.1) is 0 Å². The molecule has 0 amide bonds. The molecule has 0 aliphatic carbocycles. The molecule has 0 spiro atoms. The Morgan fingerprint density at radius 1 is 1.14 bits per heavy atom. The number of rotatable bonds is 8. The number of nitrogens with two attached hydrogens (primary N) is 1. The van der Waals surface area contributed by atoms with Crippen molar-refractivity contribution in [2.24, 2.45) is 11.7 Å². The number of hydrogen-bond acceptors (Lipinski definition) is 4. The molecule has 0 bridgehead atoms. The molecule has 4 nitrogen and oxygen atoms in total. The average molecular weight is 324 g/mol. The maximum Gasteiger partial charge on any atom is 0.451 e. The number of nitrogens with zero attached hydrogens (tertiary/aromatic N) is 1. The largest absolute Gasteiger partial charge is 0.451 e. The number of alkyl halides is 3. The summed E-state index contributed by atoms with van der Waals surface area (Å²) in [4.78, 5) is 2.06. The van der Waals surface area contributed by atoms with Gasteiger partial charge in [-0.2, -0.15) is 13.2 Å². The fourth-order valence-electron chi connectivity index (χ4n) is 2.88. The van der Waals surface area contributed by atoms with Crippen molar-refractivity contribution in [3.8, 4) is 0 Å². The van der Waals surface area contributed by atoms with Crippen LogP contribution in [0.2, 0.25) is 6.32 Å². The molecule has 1 aliphatic heterocycles. The van der Waals surface area contributed by atoms with Crippen molar-refractivity contribution in [3.63, 3.8) is 0 Å². The van der Waals surface area contributed by atoms with Gasteiger partial charge in [0.1, 0.15) is 0 Å². The van der Waals surface area contributed by atoms with E-state index < -0.39 is 19.2 Å². The van der Waals surface area contributed by atoms with Crippen LogP contribution < -0.4 is 5.73 Å². The predicted octanol–water partition coefficient (Wildman–Crippen LogP) is 2.01. The Bertz CT molecular complexity index is 320. The van der Waals surface area contributed by atoms with Gasteiger partial charge >= 0.3 is 13.3 Å². The molecule has 0 aromatic carbocycles. The summed E-state index contributed by atoms with van der Waals surface area (Å²) in [7, 11) is -1.26. The summed E-state index contributed by atoms with van der Waals surface area (Å²) in [5, 5.41) is 17.5. The van der Waals surface area contributed by atoms with Gasteiger partial charge in [0.2, 0.25) is 0 Å². The lowest BCUT2D eigenvalue weighted by Crippen LogP contribution is -2.44. The average Bonchev–Trinajstić information content (AvgIpc) is 2.41. The van der Waals surface area contributed by atoms with Gasteiger partial charge in [-0.25, -0.2) is 0 Å². The fraction of sp³-hybridized carbons (Fsp3) is 1.00. The van der Waals surface area contributed by atoms with E-state index in [1.165, 1.54) is 0 Å². The van der Waals surface area contributed by atoms with E-state index in [0.29, 0.717) is 25.8 Å². The van der Waals surface area contributed by atoms with Gasteiger partial charge < -0.3 is 20.7 Å². The summed E-state index contributed by atoms with van der Waals surface area (Å²) < 4.78 is 37.8. The van der Waals surface area contributed by atoms with Crippen LogP contribution in [0.3, 0.4) is 0 Å². The van der Waals surface area contributed by atoms with E-state index in [9.17, 15) is 13.2 Å². The second-order valence-electron chi connectivity index (χ2n) is 6.79. The fourth-order valence-corrected chi connectivity index (χ4v) is 2.88. The standard InChI is InChI=1S/C14H28BF3N2O2/c1-13(19,6-2-3-8-15(21)22)7-11-20-9-4-12(5-10-20)14(16,17)18/h12,21-22H,2-11,19H2,1H3. The molecule has 0 aromatic heterocycles. The van der Waals surface area contributed by atoms with Crippen LogP contribution in [0.4, 0.5) is 13.2 Å². The normalized spacial score (nSPS) is 20.9. The quantitative estimate of drug-likeness (QED) is 0.472. The first-order chi connectivity index (χ1) is 10.1. The van der Waals surface area contributed by atoms with E-state index in [0.717, 1.165) is 25.8 Å². The molecule has 1 aliphatic rings. The maximum absolute atomic E-state index is 12.6. The van der Waals surface area contributed by atoms with Gasteiger partial charge in [-0.3, -0.25) is 0 Å². The zero-order valence-corrected chi connectivity index (χ0v) is 13.3. The van der Waals surface area contributed by atoms with Crippen LogP contribution in [0.15, 0.2) is 0 Å². The molecule has 4 N–H and O–H groups in total. The number of halogens is 3. The Labute approximate surface area is 131 Å². The first-order valence-electron chi connectivity index (χ1n) is 8.04. The second kappa shape index (κ2) is 8.52. The van der Waals surface area contributed by atoms with Crippen LogP contribution in [0, 0.1) is 5.92 Å². The van der Waals surface area contributed by atoms with E-state index in [4.69, 9.17) is 15.8 Å². The van der Waals surface area contributed by atoms with Gasteiger partial charge in [-0.05, 0) is 58.6 Å². The minimum Gasteiger partial charge on any atom is -0.427 e. The van der Waals surface area contributed by atoms with E-state index in [1.54, 1.807) is 0 Å². The minimum atomic E-state index is -4.06. The highest BCUT2D eigenvalue weighted by Crippen LogP contribution is 2.34. The lowest BCUT2D eigenvalue weighted by Gasteiger charge is -2.35. The molecule has 0 saturated carbocycles. The van der Waals surface area contributed by atoms with Crippen molar-refractivity contribution in [2.75, 3.05) is 19.6 Å². The van der Waals surface area contributed by atoms with Crippen molar-refractivity contribution in [1.82, 2.24) is 4.90 Å². The van der Waals surface area contributed by atoms with Crippen molar-refractivity contribution in [1.29, 1.82) is 0 Å². The van der Waals surface area contributed by atoms with Crippen LogP contribution in [0.5, 0.6) is 0 Å². The second-order valence-corrected chi connectivity index (χ2v) is 6.79. The monoisotopic (exact) mass is 324 g/mol. The lowest BCUT2D eigenvalue weighted by molar-refractivity contribution is -0.185. The zero-order chi connectivity index (χ0) is 16.8. The van der Waals surface area contributed by atoms with Crippen LogP contribution in [-0.2, 0) is 0 Å². The molecule has 1 rings (SSSR count). The maximum atomic E-state index is 12.6. The third kappa shape index (κ3) is 7.81. The van der Waals surface area contributed by atoms with E-state index in [1.807, 2.05) is 6.92 Å². The molecule has 0 radical (unpaired) electrons. The molecule has 1 saturated heterocycles. The molecule has 1 heterocycles. The zero-order valence-electron chi connectivity index (χ0n) is 13.3. The van der Waals surface area contributed by atoms with Gasteiger partial charge in [0, 0.05) is 5.54 Å². The van der Waals surface area contributed by atoms with Crippen LogP contribution in [0.25, 0.3) is 0 Å². The molecular weight excluding hydrogens is 296 g/mol. The van der Waals surface area contributed by atoms with Gasteiger partial charge in [0.25, 0.3) is 0 Å². The summed E-state index contributed by atoms with van der Waals surface area (Å²) >= 11 is 0. The molecular formula is C14H28BF3N2O2. The first kappa shape index (κ1) is 19.7. The van der Waals surface area contributed by atoms with Gasteiger partial charge in [0.05, 0.1) is 5.92 Å². The van der Waals surface area contributed by atoms with Crippen molar-refractivity contribution < 1.29 is 23.2 Å². The Kier molecular flexibility index (Phi) is 7.65. The third-order valence-electron chi connectivity index (χ3n) is 4.51. The Balaban J connectivity index is 2.20. The SMILES string of the molecule is CC(N)(CCCCB(O)O)CCN1CCC(C(F)(F)F)CC1. The smallest absolute Gasteiger partial charge is 0.427 e. The molecule has 130 valence electrons. The number of likely N-dealkylation sites (tertiary alicyclic amines) is 1.